The summed E-state index contributed by atoms with van der Waals surface area (Å²) >= 11 is 5.77. The van der Waals surface area contributed by atoms with Crippen molar-refractivity contribution in [3.63, 3.8) is 0 Å². The van der Waals surface area contributed by atoms with E-state index in [1.807, 2.05) is 29.2 Å². The van der Waals surface area contributed by atoms with Crippen LogP contribution >= 0.6 is 11.6 Å². The quantitative estimate of drug-likeness (QED) is 0.856. The van der Waals surface area contributed by atoms with Gasteiger partial charge in [0, 0.05) is 18.1 Å². The molecule has 1 atom stereocenters. The van der Waals surface area contributed by atoms with E-state index in [1.54, 1.807) is 0 Å². The highest BCUT2D eigenvalue weighted by atomic mass is 35.5. The number of carboxylic acids is 1. The zero-order chi connectivity index (χ0) is 10.8. The lowest BCUT2D eigenvalue weighted by Crippen LogP contribution is -2.51. The highest BCUT2D eigenvalue weighted by Crippen LogP contribution is 2.21. The fourth-order valence-corrected chi connectivity index (χ4v) is 1.86. The van der Waals surface area contributed by atoms with Crippen LogP contribution in [0.4, 0.5) is 0 Å². The van der Waals surface area contributed by atoms with Crippen molar-refractivity contribution in [3.05, 3.63) is 34.9 Å². The van der Waals surface area contributed by atoms with Crippen molar-refractivity contribution in [3.8, 4) is 0 Å². The van der Waals surface area contributed by atoms with Gasteiger partial charge in [-0.25, -0.2) is 0 Å². The second-order valence-electron chi connectivity index (χ2n) is 3.74. The Bertz CT molecular complexity index is 363. The molecule has 1 fully saturated rings. The molecule has 80 valence electrons. The van der Waals surface area contributed by atoms with Crippen LogP contribution in [-0.2, 0) is 11.3 Å². The normalized spacial score (nSPS) is 21.0. The number of hydrogen-bond donors (Lipinski definition) is 1. The Morgan fingerprint density at radius 1 is 1.47 bits per heavy atom. The van der Waals surface area contributed by atoms with Gasteiger partial charge < -0.3 is 5.11 Å². The number of likely N-dealkylation sites (tertiary alicyclic amines) is 1. The molecule has 0 bridgehead atoms. The van der Waals surface area contributed by atoms with Crippen molar-refractivity contribution >= 4 is 17.6 Å². The topological polar surface area (TPSA) is 40.5 Å². The third-order valence-electron chi connectivity index (χ3n) is 2.71. The van der Waals surface area contributed by atoms with Gasteiger partial charge >= 0.3 is 5.97 Å². The molecular weight excluding hydrogens is 214 g/mol. The molecule has 1 aliphatic heterocycles. The van der Waals surface area contributed by atoms with Gasteiger partial charge in [0.2, 0.25) is 0 Å². The molecule has 0 unspecified atom stereocenters. The lowest BCUT2D eigenvalue weighted by atomic mass is 10.0. The number of carbonyl (C=O) groups is 1. The van der Waals surface area contributed by atoms with Crippen LogP contribution in [0.25, 0.3) is 0 Å². The minimum Gasteiger partial charge on any atom is -0.480 e. The zero-order valence-corrected chi connectivity index (χ0v) is 8.94. The van der Waals surface area contributed by atoms with Gasteiger partial charge in [0.05, 0.1) is 0 Å². The average Bonchev–Trinajstić information content (AvgIpc) is 2.14. The highest BCUT2D eigenvalue weighted by molar-refractivity contribution is 6.30. The summed E-state index contributed by atoms with van der Waals surface area (Å²) in [6, 6.07) is 7.21. The largest absolute Gasteiger partial charge is 0.480 e. The van der Waals surface area contributed by atoms with Gasteiger partial charge in [0.15, 0.2) is 0 Å². The molecule has 4 heteroatoms. The molecule has 0 aliphatic carbocycles. The Balaban J connectivity index is 1.97. The van der Waals surface area contributed by atoms with Crippen LogP contribution in [0, 0.1) is 0 Å². The lowest BCUT2D eigenvalue weighted by Gasteiger charge is -2.37. The zero-order valence-electron chi connectivity index (χ0n) is 8.19. The summed E-state index contributed by atoms with van der Waals surface area (Å²) in [4.78, 5) is 12.7. The van der Waals surface area contributed by atoms with Gasteiger partial charge in [0.1, 0.15) is 6.04 Å². The Morgan fingerprint density at radius 3 is 2.60 bits per heavy atom. The number of rotatable bonds is 3. The summed E-state index contributed by atoms with van der Waals surface area (Å²) in [5.74, 6) is -0.727. The van der Waals surface area contributed by atoms with Gasteiger partial charge in [-0.2, -0.15) is 0 Å². The Kier molecular flexibility index (Phi) is 2.93. The molecule has 0 amide bonds. The van der Waals surface area contributed by atoms with Gasteiger partial charge in [-0.15, -0.1) is 0 Å². The summed E-state index contributed by atoms with van der Waals surface area (Å²) < 4.78 is 0. The SMILES string of the molecule is O=C(O)[C@H]1CCN1Cc1ccc(Cl)cc1. The number of hydrogen-bond acceptors (Lipinski definition) is 2. The minimum absolute atomic E-state index is 0.305. The molecular formula is C11H12ClNO2. The van der Waals surface area contributed by atoms with Crippen molar-refractivity contribution in [2.75, 3.05) is 6.54 Å². The summed E-state index contributed by atoms with van der Waals surface area (Å²) in [6.07, 6.45) is 0.753. The van der Waals surface area contributed by atoms with Gasteiger partial charge in [-0.05, 0) is 24.1 Å². The molecule has 1 aromatic carbocycles. The van der Waals surface area contributed by atoms with E-state index in [0.717, 1.165) is 18.5 Å². The summed E-state index contributed by atoms with van der Waals surface area (Å²) in [6.45, 7) is 1.55. The van der Waals surface area contributed by atoms with Crippen molar-refractivity contribution in [1.29, 1.82) is 0 Å². The Labute approximate surface area is 93.3 Å². The van der Waals surface area contributed by atoms with Crippen LogP contribution in [0.3, 0.4) is 0 Å². The van der Waals surface area contributed by atoms with Crippen molar-refractivity contribution < 1.29 is 9.90 Å². The van der Waals surface area contributed by atoms with Crippen LogP contribution in [0.15, 0.2) is 24.3 Å². The molecule has 1 aromatic rings. The van der Waals surface area contributed by atoms with Crippen LogP contribution < -0.4 is 0 Å². The highest BCUT2D eigenvalue weighted by Gasteiger charge is 2.33. The number of benzene rings is 1. The van der Waals surface area contributed by atoms with Crippen molar-refractivity contribution in [1.82, 2.24) is 4.90 Å². The van der Waals surface area contributed by atoms with Crippen molar-refractivity contribution in [2.24, 2.45) is 0 Å². The van der Waals surface area contributed by atoms with Crippen LogP contribution in [0.1, 0.15) is 12.0 Å². The standard InChI is InChI=1S/C11H12ClNO2/c12-9-3-1-8(2-4-9)7-13-6-5-10(13)11(14)15/h1-4,10H,5-7H2,(H,14,15)/t10-/m1/s1. The van der Waals surface area contributed by atoms with Gasteiger partial charge in [-0.1, -0.05) is 23.7 Å². The molecule has 1 aliphatic rings. The maximum atomic E-state index is 10.8. The number of aliphatic carboxylic acids is 1. The number of nitrogens with zero attached hydrogens (tertiary/aromatic N) is 1. The summed E-state index contributed by atoms with van der Waals surface area (Å²) in [7, 11) is 0. The number of halogens is 1. The molecule has 0 aromatic heterocycles. The molecule has 15 heavy (non-hydrogen) atoms. The van der Waals surface area contributed by atoms with E-state index in [9.17, 15) is 4.79 Å². The fourth-order valence-electron chi connectivity index (χ4n) is 1.73. The molecule has 1 heterocycles. The maximum Gasteiger partial charge on any atom is 0.320 e. The summed E-state index contributed by atoms with van der Waals surface area (Å²) in [5.41, 5.74) is 1.10. The van der Waals surface area contributed by atoms with Gasteiger partial charge in [0.25, 0.3) is 0 Å². The molecule has 0 radical (unpaired) electrons. The predicted octanol–water partition coefficient (Wildman–Crippen LogP) is 2.00. The summed E-state index contributed by atoms with van der Waals surface area (Å²) in [5, 5.41) is 9.57. The molecule has 0 saturated carbocycles. The first-order valence-electron chi connectivity index (χ1n) is 4.88. The Morgan fingerprint density at radius 2 is 2.13 bits per heavy atom. The van der Waals surface area contributed by atoms with E-state index in [4.69, 9.17) is 16.7 Å². The van der Waals surface area contributed by atoms with E-state index in [0.29, 0.717) is 11.6 Å². The molecule has 3 nitrogen and oxygen atoms in total. The third-order valence-corrected chi connectivity index (χ3v) is 2.97. The molecule has 1 saturated heterocycles. The first kappa shape index (κ1) is 10.5. The van der Waals surface area contributed by atoms with Crippen LogP contribution in [0.5, 0.6) is 0 Å². The predicted molar refractivity (Wildman–Crippen MR) is 57.9 cm³/mol. The number of carboxylic acid groups (broad SMARTS) is 1. The van der Waals surface area contributed by atoms with Crippen molar-refractivity contribution in [2.45, 2.75) is 19.0 Å². The van der Waals surface area contributed by atoms with E-state index >= 15 is 0 Å². The second-order valence-corrected chi connectivity index (χ2v) is 4.18. The Hall–Kier alpha value is -1.06. The van der Waals surface area contributed by atoms with E-state index in [2.05, 4.69) is 0 Å². The van der Waals surface area contributed by atoms with Crippen LogP contribution in [-0.4, -0.2) is 28.6 Å². The molecule has 0 spiro atoms. The van der Waals surface area contributed by atoms with E-state index in [1.165, 1.54) is 0 Å². The van der Waals surface area contributed by atoms with E-state index in [-0.39, 0.29) is 6.04 Å². The first-order chi connectivity index (χ1) is 7.16. The molecule has 1 N–H and O–H groups in total. The third kappa shape index (κ3) is 2.30. The monoisotopic (exact) mass is 225 g/mol. The smallest absolute Gasteiger partial charge is 0.320 e. The fraction of sp³-hybridized carbons (Fsp3) is 0.364. The average molecular weight is 226 g/mol. The van der Waals surface area contributed by atoms with Crippen LogP contribution in [0.2, 0.25) is 5.02 Å². The maximum absolute atomic E-state index is 10.8. The first-order valence-corrected chi connectivity index (χ1v) is 5.26. The lowest BCUT2D eigenvalue weighted by molar-refractivity contribution is -0.148. The van der Waals surface area contributed by atoms with E-state index < -0.39 is 5.97 Å². The minimum atomic E-state index is -0.727. The molecule has 2 rings (SSSR count). The second kappa shape index (κ2) is 4.21. The van der Waals surface area contributed by atoms with Gasteiger partial charge in [-0.3, -0.25) is 9.69 Å².